The summed E-state index contributed by atoms with van der Waals surface area (Å²) in [6, 6.07) is 10.5. The molecule has 1 amide bonds. The number of nitrogens with one attached hydrogen (secondary N) is 1. The van der Waals surface area contributed by atoms with Crippen molar-refractivity contribution < 1.29 is 27.1 Å². The summed E-state index contributed by atoms with van der Waals surface area (Å²) in [6.45, 7) is 0.617. The molecule has 1 N–H and O–H groups in total. The maximum Gasteiger partial charge on any atom is 0.286 e. The van der Waals surface area contributed by atoms with Crippen molar-refractivity contribution in [3.05, 3.63) is 58.3 Å². The van der Waals surface area contributed by atoms with E-state index in [2.05, 4.69) is 15.5 Å². The molecule has 0 bridgehead atoms. The van der Waals surface area contributed by atoms with Crippen LogP contribution in [0.4, 0.5) is 10.1 Å². The predicted octanol–water partition coefficient (Wildman–Crippen LogP) is 3.23. The molecule has 0 atom stereocenters. The fraction of sp³-hybridized carbons (Fsp3) is 0.286. The summed E-state index contributed by atoms with van der Waals surface area (Å²) in [5.74, 6) is -0.00175. The minimum absolute atomic E-state index is 0.0262. The summed E-state index contributed by atoms with van der Waals surface area (Å²) in [7, 11) is -3.90. The zero-order chi connectivity index (χ0) is 23.0. The average molecular weight is 491 g/mol. The van der Waals surface area contributed by atoms with Gasteiger partial charge in [0.15, 0.2) is 11.5 Å². The van der Waals surface area contributed by atoms with Crippen LogP contribution in [0.25, 0.3) is 0 Å². The first-order valence-corrected chi connectivity index (χ1v) is 12.5. The van der Waals surface area contributed by atoms with Gasteiger partial charge in [-0.2, -0.15) is 4.31 Å². The highest BCUT2D eigenvalue weighted by atomic mass is 32.2. The molecule has 2 aromatic carbocycles. The number of hydrogen-bond donors (Lipinski definition) is 1. The second-order valence-electron chi connectivity index (χ2n) is 7.58. The highest BCUT2D eigenvalue weighted by molar-refractivity contribution is 7.89. The minimum atomic E-state index is -3.90. The maximum atomic E-state index is 14.0. The SMILES string of the molecule is O=C(Nc1ccc2c(c1)OCO2)c1nnc(C2CCN(S(=O)(=O)c3ccccc3F)CC2)s1. The first-order chi connectivity index (χ1) is 15.9. The van der Waals surface area contributed by atoms with E-state index in [9.17, 15) is 17.6 Å². The zero-order valence-corrected chi connectivity index (χ0v) is 18.9. The number of aromatic nitrogens is 2. The number of ether oxygens (including phenoxy) is 2. The zero-order valence-electron chi connectivity index (χ0n) is 17.2. The Bertz CT molecular complexity index is 1310. The highest BCUT2D eigenvalue weighted by Gasteiger charge is 2.33. The van der Waals surface area contributed by atoms with Crippen molar-refractivity contribution in [2.75, 3.05) is 25.2 Å². The van der Waals surface area contributed by atoms with Gasteiger partial charge in [0.25, 0.3) is 5.91 Å². The van der Waals surface area contributed by atoms with E-state index in [1.54, 1.807) is 18.2 Å². The summed E-state index contributed by atoms with van der Waals surface area (Å²) in [5.41, 5.74) is 0.549. The van der Waals surface area contributed by atoms with Gasteiger partial charge >= 0.3 is 0 Å². The first-order valence-electron chi connectivity index (χ1n) is 10.2. The Hall–Kier alpha value is -3.09. The molecule has 3 heterocycles. The lowest BCUT2D eigenvalue weighted by Crippen LogP contribution is -2.38. The molecular formula is C21H19FN4O5S2. The summed E-state index contributed by atoms with van der Waals surface area (Å²) in [4.78, 5) is 12.3. The Labute approximate surface area is 193 Å². The number of carbonyl (C=O) groups is 1. The van der Waals surface area contributed by atoms with E-state index in [1.807, 2.05) is 0 Å². The van der Waals surface area contributed by atoms with Gasteiger partial charge in [-0.05, 0) is 37.1 Å². The van der Waals surface area contributed by atoms with Gasteiger partial charge in [-0.3, -0.25) is 4.79 Å². The number of carbonyl (C=O) groups excluding carboxylic acids is 1. The molecule has 9 nitrogen and oxygen atoms in total. The van der Waals surface area contributed by atoms with Crippen LogP contribution in [0.15, 0.2) is 47.4 Å². The second kappa shape index (κ2) is 8.69. The van der Waals surface area contributed by atoms with Crippen molar-refractivity contribution in [2.45, 2.75) is 23.7 Å². The molecule has 0 saturated carbocycles. The monoisotopic (exact) mass is 490 g/mol. The molecule has 0 radical (unpaired) electrons. The fourth-order valence-electron chi connectivity index (χ4n) is 3.79. The lowest BCUT2D eigenvalue weighted by Gasteiger charge is -2.30. The molecule has 33 heavy (non-hydrogen) atoms. The summed E-state index contributed by atoms with van der Waals surface area (Å²) in [6.07, 6.45) is 1.01. The Morgan fingerprint density at radius 2 is 1.85 bits per heavy atom. The molecule has 2 aliphatic rings. The molecule has 172 valence electrons. The molecule has 0 spiro atoms. The smallest absolute Gasteiger partial charge is 0.286 e. The Morgan fingerprint density at radius 3 is 2.64 bits per heavy atom. The lowest BCUT2D eigenvalue weighted by molar-refractivity contribution is 0.102. The van der Waals surface area contributed by atoms with Gasteiger partial charge in [0.1, 0.15) is 15.7 Å². The Kier molecular flexibility index (Phi) is 5.72. The molecular weight excluding hydrogens is 471 g/mol. The molecule has 2 aliphatic heterocycles. The van der Waals surface area contributed by atoms with E-state index >= 15 is 0 Å². The average Bonchev–Trinajstić information content (AvgIpc) is 3.49. The van der Waals surface area contributed by atoms with Crippen molar-refractivity contribution in [1.29, 1.82) is 0 Å². The number of halogens is 1. The van der Waals surface area contributed by atoms with Gasteiger partial charge in [0, 0.05) is 30.8 Å². The number of nitrogens with zero attached hydrogens (tertiary/aromatic N) is 3. The quantitative estimate of drug-likeness (QED) is 0.585. The largest absolute Gasteiger partial charge is 0.454 e. The molecule has 1 aromatic heterocycles. The van der Waals surface area contributed by atoms with E-state index in [1.165, 1.54) is 33.8 Å². The first kappa shape index (κ1) is 21.7. The van der Waals surface area contributed by atoms with Crippen LogP contribution < -0.4 is 14.8 Å². The number of fused-ring (bicyclic) bond motifs is 1. The van der Waals surface area contributed by atoms with Crippen LogP contribution in [0.2, 0.25) is 0 Å². The van der Waals surface area contributed by atoms with Gasteiger partial charge in [-0.25, -0.2) is 12.8 Å². The Morgan fingerprint density at radius 1 is 1.09 bits per heavy atom. The van der Waals surface area contributed by atoms with Crippen LogP contribution in [-0.4, -0.2) is 48.7 Å². The number of amides is 1. The van der Waals surface area contributed by atoms with Crippen LogP contribution in [0, 0.1) is 5.82 Å². The van der Waals surface area contributed by atoms with Crippen LogP contribution in [0.3, 0.4) is 0 Å². The van der Waals surface area contributed by atoms with E-state index in [-0.39, 0.29) is 35.7 Å². The number of sulfonamides is 1. The molecule has 1 fully saturated rings. The van der Waals surface area contributed by atoms with Crippen LogP contribution in [0.1, 0.15) is 33.6 Å². The number of benzene rings is 2. The molecule has 1 saturated heterocycles. The summed E-state index contributed by atoms with van der Waals surface area (Å²) in [5, 5.41) is 11.8. The third-order valence-electron chi connectivity index (χ3n) is 5.52. The normalized spacial score (nSPS) is 16.6. The third-order valence-corrected chi connectivity index (χ3v) is 8.54. The van der Waals surface area contributed by atoms with Crippen molar-refractivity contribution in [2.24, 2.45) is 0 Å². The second-order valence-corrected chi connectivity index (χ2v) is 10.5. The molecule has 3 aromatic rings. The van der Waals surface area contributed by atoms with Crippen LogP contribution >= 0.6 is 11.3 Å². The van der Waals surface area contributed by atoms with Crippen LogP contribution in [0.5, 0.6) is 11.5 Å². The van der Waals surface area contributed by atoms with Crippen LogP contribution in [-0.2, 0) is 10.0 Å². The summed E-state index contributed by atoms with van der Waals surface area (Å²) >= 11 is 1.18. The lowest BCUT2D eigenvalue weighted by atomic mass is 9.99. The standard InChI is InChI=1S/C21H19FN4O5S2/c22-15-3-1-2-4-18(15)33(28,29)26-9-7-13(8-10-26)20-24-25-21(32-20)19(27)23-14-5-6-16-17(11-14)31-12-30-16/h1-6,11,13H,7-10,12H2,(H,23,27). The van der Waals surface area contributed by atoms with Crippen molar-refractivity contribution >= 4 is 33.0 Å². The molecule has 12 heteroatoms. The maximum absolute atomic E-state index is 14.0. The highest BCUT2D eigenvalue weighted by Crippen LogP contribution is 2.35. The van der Waals surface area contributed by atoms with Gasteiger partial charge in [-0.1, -0.05) is 23.5 Å². The number of piperidine rings is 1. The Balaban J connectivity index is 1.22. The predicted molar refractivity (Wildman–Crippen MR) is 118 cm³/mol. The minimum Gasteiger partial charge on any atom is -0.454 e. The van der Waals surface area contributed by atoms with Gasteiger partial charge in [0.05, 0.1) is 0 Å². The molecule has 0 unspecified atom stereocenters. The molecule has 5 rings (SSSR count). The van der Waals surface area contributed by atoms with Gasteiger partial charge in [-0.15, -0.1) is 10.2 Å². The van der Waals surface area contributed by atoms with Crippen molar-refractivity contribution in [3.63, 3.8) is 0 Å². The van der Waals surface area contributed by atoms with E-state index in [0.29, 0.717) is 35.0 Å². The fourth-order valence-corrected chi connectivity index (χ4v) is 6.23. The number of rotatable bonds is 5. The van der Waals surface area contributed by atoms with Gasteiger partial charge < -0.3 is 14.8 Å². The van der Waals surface area contributed by atoms with Crippen molar-refractivity contribution in [3.8, 4) is 11.5 Å². The third kappa shape index (κ3) is 4.28. The van der Waals surface area contributed by atoms with Crippen molar-refractivity contribution in [1.82, 2.24) is 14.5 Å². The van der Waals surface area contributed by atoms with E-state index in [4.69, 9.17) is 9.47 Å². The molecule has 0 aliphatic carbocycles. The van der Waals surface area contributed by atoms with E-state index in [0.717, 1.165) is 6.07 Å². The van der Waals surface area contributed by atoms with E-state index < -0.39 is 21.7 Å². The number of hydrogen-bond acceptors (Lipinski definition) is 8. The number of anilines is 1. The summed E-state index contributed by atoms with van der Waals surface area (Å²) < 4.78 is 51.4. The van der Waals surface area contributed by atoms with Gasteiger partial charge in [0.2, 0.25) is 21.8 Å². The topological polar surface area (TPSA) is 111 Å².